The zero-order valence-electron chi connectivity index (χ0n) is 17.8. The van der Waals surface area contributed by atoms with Crippen LogP contribution < -0.4 is 4.90 Å². The fourth-order valence-electron chi connectivity index (χ4n) is 4.08. The molecule has 3 aromatic heterocycles. The van der Waals surface area contributed by atoms with Gasteiger partial charge in [0.05, 0.1) is 17.5 Å². The molecule has 10 heteroatoms. The van der Waals surface area contributed by atoms with E-state index in [0.717, 1.165) is 32.5 Å². The first kappa shape index (κ1) is 20.4. The van der Waals surface area contributed by atoms with Crippen LogP contribution >= 0.6 is 11.3 Å². The summed E-state index contributed by atoms with van der Waals surface area (Å²) in [6, 6.07) is 7.63. The first-order valence-electron chi connectivity index (χ1n) is 10.5. The second-order valence-corrected chi connectivity index (χ2v) is 8.55. The number of aromatic nitrogens is 4. The van der Waals surface area contributed by atoms with E-state index in [-0.39, 0.29) is 11.9 Å². The molecule has 0 unspecified atom stereocenters. The van der Waals surface area contributed by atoms with Gasteiger partial charge in [-0.25, -0.2) is 14.8 Å². The number of amides is 1. The summed E-state index contributed by atoms with van der Waals surface area (Å²) in [5.74, 6) is 0.378. The van der Waals surface area contributed by atoms with Crippen molar-refractivity contribution < 1.29 is 14.3 Å². The number of carbonyl (C=O) groups excluding carboxylic acids is 2. The zero-order valence-corrected chi connectivity index (χ0v) is 18.6. The molecule has 32 heavy (non-hydrogen) atoms. The number of piperazine rings is 1. The molecule has 1 N–H and O–H groups in total. The van der Waals surface area contributed by atoms with Crippen molar-refractivity contribution in [2.24, 2.45) is 0 Å². The van der Waals surface area contributed by atoms with Crippen molar-refractivity contribution in [3.8, 4) is 0 Å². The van der Waals surface area contributed by atoms with Crippen LogP contribution in [0.2, 0.25) is 0 Å². The van der Waals surface area contributed by atoms with Crippen molar-refractivity contribution in [1.82, 2.24) is 25.1 Å². The van der Waals surface area contributed by atoms with Crippen molar-refractivity contribution in [2.75, 3.05) is 37.7 Å². The number of ether oxygens (including phenoxy) is 1. The van der Waals surface area contributed by atoms with Crippen LogP contribution in [-0.4, -0.2) is 69.7 Å². The van der Waals surface area contributed by atoms with Crippen LogP contribution in [0.15, 0.2) is 30.6 Å². The highest BCUT2D eigenvalue weighted by atomic mass is 32.1. The van der Waals surface area contributed by atoms with E-state index in [9.17, 15) is 9.59 Å². The fourth-order valence-corrected chi connectivity index (χ4v) is 5.12. The molecule has 1 aliphatic rings. The average molecular weight is 451 g/mol. The Bertz CT molecular complexity index is 1320. The molecule has 4 aromatic rings. The number of fused-ring (bicyclic) bond motifs is 2. The largest absolute Gasteiger partial charge is 0.462 e. The van der Waals surface area contributed by atoms with Crippen molar-refractivity contribution in [3.05, 3.63) is 46.7 Å². The highest BCUT2D eigenvalue weighted by Crippen LogP contribution is 2.35. The molecule has 0 spiro atoms. The molecule has 1 aromatic carbocycles. The maximum Gasteiger partial charge on any atom is 0.348 e. The highest BCUT2D eigenvalue weighted by Gasteiger charge is 2.28. The van der Waals surface area contributed by atoms with E-state index in [2.05, 4.69) is 25.1 Å². The SMILES string of the molecule is CCOC(=O)c1sc2ncnc(N3CCN(C(=O)c4n[nH]c5ccccc45)CC3)c2c1C. The predicted octanol–water partition coefficient (Wildman–Crippen LogP) is 3.02. The van der Waals surface area contributed by atoms with Crippen LogP contribution in [0.3, 0.4) is 0 Å². The minimum Gasteiger partial charge on any atom is -0.462 e. The Morgan fingerprint density at radius 1 is 1.16 bits per heavy atom. The molecule has 0 radical (unpaired) electrons. The molecule has 1 fully saturated rings. The van der Waals surface area contributed by atoms with Crippen LogP contribution in [0.4, 0.5) is 5.82 Å². The normalized spacial score (nSPS) is 14.3. The van der Waals surface area contributed by atoms with Crippen molar-refractivity contribution >= 4 is 50.2 Å². The van der Waals surface area contributed by atoms with Crippen LogP contribution in [0, 0.1) is 6.92 Å². The van der Waals surface area contributed by atoms with E-state index in [1.165, 1.54) is 17.7 Å². The number of nitrogens with zero attached hydrogens (tertiary/aromatic N) is 5. The van der Waals surface area contributed by atoms with Crippen LogP contribution in [0.5, 0.6) is 0 Å². The van der Waals surface area contributed by atoms with Gasteiger partial charge < -0.3 is 14.5 Å². The minimum absolute atomic E-state index is 0.0776. The van der Waals surface area contributed by atoms with Gasteiger partial charge in [0.15, 0.2) is 5.69 Å². The van der Waals surface area contributed by atoms with E-state index in [4.69, 9.17) is 4.74 Å². The maximum atomic E-state index is 13.1. The van der Waals surface area contributed by atoms with Gasteiger partial charge >= 0.3 is 5.97 Å². The van der Waals surface area contributed by atoms with Gasteiger partial charge in [0, 0.05) is 31.6 Å². The molecule has 0 aliphatic carbocycles. The number of aromatic amines is 1. The number of carbonyl (C=O) groups is 2. The molecule has 1 saturated heterocycles. The summed E-state index contributed by atoms with van der Waals surface area (Å²) in [6.07, 6.45) is 1.52. The van der Waals surface area contributed by atoms with E-state index < -0.39 is 0 Å². The summed E-state index contributed by atoms with van der Waals surface area (Å²) in [4.78, 5) is 39.6. The minimum atomic E-state index is -0.333. The van der Waals surface area contributed by atoms with Crippen molar-refractivity contribution in [3.63, 3.8) is 0 Å². The van der Waals surface area contributed by atoms with E-state index in [0.29, 0.717) is 43.4 Å². The molecular weight excluding hydrogens is 428 g/mol. The second-order valence-electron chi connectivity index (χ2n) is 7.55. The Morgan fingerprint density at radius 3 is 2.72 bits per heavy atom. The summed E-state index contributed by atoms with van der Waals surface area (Å²) < 4.78 is 5.19. The molecule has 1 aliphatic heterocycles. The third-order valence-electron chi connectivity index (χ3n) is 5.71. The quantitative estimate of drug-likeness (QED) is 0.477. The summed E-state index contributed by atoms with van der Waals surface area (Å²) in [6.45, 7) is 6.39. The Labute approximate surface area is 188 Å². The second kappa shape index (κ2) is 8.19. The number of aryl methyl sites for hydroxylation is 1. The summed E-state index contributed by atoms with van der Waals surface area (Å²) in [5, 5.41) is 8.87. The lowest BCUT2D eigenvalue weighted by Crippen LogP contribution is -2.49. The predicted molar refractivity (Wildman–Crippen MR) is 122 cm³/mol. The smallest absolute Gasteiger partial charge is 0.348 e. The van der Waals surface area contributed by atoms with Crippen molar-refractivity contribution in [1.29, 1.82) is 0 Å². The average Bonchev–Trinajstić information content (AvgIpc) is 3.40. The molecule has 164 valence electrons. The summed E-state index contributed by atoms with van der Waals surface area (Å²) in [5.41, 5.74) is 2.13. The maximum absolute atomic E-state index is 13.1. The van der Waals surface area contributed by atoms with Crippen LogP contribution in [0.25, 0.3) is 21.1 Å². The van der Waals surface area contributed by atoms with E-state index in [1.54, 1.807) is 6.92 Å². The Morgan fingerprint density at radius 2 is 1.94 bits per heavy atom. The number of H-pyrrole nitrogens is 1. The molecule has 5 rings (SSSR count). The lowest BCUT2D eigenvalue weighted by molar-refractivity contribution is 0.0531. The third-order valence-corrected chi connectivity index (χ3v) is 6.89. The monoisotopic (exact) mass is 450 g/mol. The number of para-hydroxylation sites is 1. The first-order chi connectivity index (χ1) is 15.6. The summed E-state index contributed by atoms with van der Waals surface area (Å²) in [7, 11) is 0. The zero-order chi connectivity index (χ0) is 22.2. The molecule has 9 nitrogen and oxygen atoms in total. The lowest BCUT2D eigenvalue weighted by atomic mass is 10.1. The van der Waals surface area contributed by atoms with Gasteiger partial charge in [0.2, 0.25) is 0 Å². The third kappa shape index (κ3) is 3.36. The standard InChI is InChI=1S/C22H22N6O3S/c1-3-31-22(30)18-13(2)16-19(23-12-24-20(16)32-18)27-8-10-28(11-9-27)21(29)17-14-6-4-5-7-15(14)25-26-17/h4-7,12H,3,8-11H2,1-2H3,(H,25,26). The molecule has 0 atom stereocenters. The number of esters is 1. The molecule has 4 heterocycles. The number of benzene rings is 1. The van der Waals surface area contributed by atoms with E-state index in [1.807, 2.05) is 36.1 Å². The topological polar surface area (TPSA) is 104 Å². The number of hydrogen-bond acceptors (Lipinski definition) is 8. The highest BCUT2D eigenvalue weighted by molar-refractivity contribution is 7.20. The first-order valence-corrected chi connectivity index (χ1v) is 11.3. The molecular formula is C22H22N6O3S. The molecule has 1 amide bonds. The number of anilines is 1. The van der Waals surface area contributed by atoms with Crippen molar-refractivity contribution in [2.45, 2.75) is 13.8 Å². The van der Waals surface area contributed by atoms with Crippen LogP contribution in [-0.2, 0) is 4.74 Å². The van der Waals surface area contributed by atoms with Gasteiger partial charge in [-0.15, -0.1) is 11.3 Å². The van der Waals surface area contributed by atoms with Gasteiger partial charge in [0.25, 0.3) is 5.91 Å². The van der Waals surface area contributed by atoms with E-state index >= 15 is 0 Å². The number of thiophene rings is 1. The Kier molecular flexibility index (Phi) is 5.22. The number of nitrogens with one attached hydrogen (secondary N) is 1. The molecule has 0 saturated carbocycles. The Balaban J connectivity index is 1.37. The van der Waals surface area contributed by atoms with Gasteiger partial charge in [-0.05, 0) is 25.5 Å². The number of hydrogen-bond donors (Lipinski definition) is 1. The van der Waals surface area contributed by atoms with Gasteiger partial charge in [-0.1, -0.05) is 18.2 Å². The fraction of sp³-hybridized carbons (Fsp3) is 0.318. The van der Waals surface area contributed by atoms with Gasteiger partial charge in [-0.2, -0.15) is 5.10 Å². The number of rotatable bonds is 4. The molecule has 0 bridgehead atoms. The Hall–Kier alpha value is -3.53. The lowest BCUT2D eigenvalue weighted by Gasteiger charge is -2.35. The van der Waals surface area contributed by atoms with Crippen LogP contribution in [0.1, 0.15) is 32.6 Å². The van der Waals surface area contributed by atoms with Gasteiger partial charge in [-0.3, -0.25) is 9.89 Å². The summed E-state index contributed by atoms with van der Waals surface area (Å²) >= 11 is 1.33. The van der Waals surface area contributed by atoms with Gasteiger partial charge in [0.1, 0.15) is 21.9 Å².